The third kappa shape index (κ3) is 1.33. The number of hydrogen-bond acceptors (Lipinski definition) is 5. The van der Waals surface area contributed by atoms with Crippen LogP contribution < -0.4 is 4.74 Å². The molecule has 0 saturated heterocycles. The van der Waals surface area contributed by atoms with Crippen molar-refractivity contribution < 1.29 is 4.74 Å². The molecule has 17 heavy (non-hydrogen) atoms. The van der Waals surface area contributed by atoms with Crippen LogP contribution in [0.2, 0.25) is 0 Å². The minimum absolute atomic E-state index is 0.556. The summed E-state index contributed by atoms with van der Waals surface area (Å²) in [7, 11) is 1.60. The largest absolute Gasteiger partial charge is 0.480 e. The maximum atomic E-state index is 5.30. The smallest absolute Gasteiger partial charge is 0.239 e. The van der Waals surface area contributed by atoms with E-state index in [0.29, 0.717) is 11.5 Å². The first-order chi connectivity index (χ1) is 8.20. The van der Waals surface area contributed by atoms with Crippen LogP contribution in [0.5, 0.6) is 5.88 Å². The van der Waals surface area contributed by atoms with Crippen molar-refractivity contribution in [3.05, 3.63) is 23.8 Å². The van der Waals surface area contributed by atoms with E-state index in [9.17, 15) is 0 Å². The fourth-order valence-electron chi connectivity index (χ4n) is 1.86. The van der Waals surface area contributed by atoms with E-state index in [-0.39, 0.29) is 0 Å². The number of aromatic nitrogens is 5. The number of rotatable bonds is 1. The number of methoxy groups -OCH3 is 1. The summed E-state index contributed by atoms with van der Waals surface area (Å²) < 4.78 is 6.96. The average molecular weight is 229 g/mol. The second-order valence-corrected chi connectivity index (χ2v) is 3.86. The summed E-state index contributed by atoms with van der Waals surface area (Å²) in [6.07, 6.45) is 1.78. The third-order valence-corrected chi connectivity index (χ3v) is 2.69. The Morgan fingerprint density at radius 3 is 2.76 bits per heavy atom. The molecule has 3 aromatic heterocycles. The molecular formula is C11H11N5O. The van der Waals surface area contributed by atoms with E-state index in [4.69, 9.17) is 4.74 Å². The summed E-state index contributed by atoms with van der Waals surface area (Å²) in [5.74, 6) is 1.28. The van der Waals surface area contributed by atoms with Gasteiger partial charge in [0.2, 0.25) is 5.88 Å². The van der Waals surface area contributed by atoms with Crippen LogP contribution in [0, 0.1) is 13.8 Å². The number of aryl methyl sites for hydroxylation is 2. The van der Waals surface area contributed by atoms with Crippen molar-refractivity contribution >= 4 is 16.4 Å². The van der Waals surface area contributed by atoms with Gasteiger partial charge in [-0.3, -0.25) is 4.98 Å². The van der Waals surface area contributed by atoms with Gasteiger partial charge in [0.25, 0.3) is 0 Å². The summed E-state index contributed by atoms with van der Waals surface area (Å²) in [5.41, 5.74) is 1.61. The highest BCUT2D eigenvalue weighted by molar-refractivity contribution is 5.96. The van der Waals surface area contributed by atoms with Crippen LogP contribution >= 0.6 is 0 Å². The molecule has 3 rings (SSSR count). The Labute approximate surface area is 97.3 Å². The topological polar surface area (TPSA) is 65.2 Å². The van der Waals surface area contributed by atoms with Crippen LogP contribution in [0.3, 0.4) is 0 Å². The monoisotopic (exact) mass is 229 g/mol. The van der Waals surface area contributed by atoms with E-state index >= 15 is 0 Å². The first-order valence-corrected chi connectivity index (χ1v) is 5.23. The highest BCUT2D eigenvalue weighted by atomic mass is 16.5. The van der Waals surface area contributed by atoms with Crippen molar-refractivity contribution in [2.24, 2.45) is 0 Å². The van der Waals surface area contributed by atoms with Crippen LogP contribution in [-0.2, 0) is 0 Å². The van der Waals surface area contributed by atoms with Crippen LogP contribution in [0.25, 0.3) is 16.4 Å². The molecule has 0 atom stereocenters. The van der Waals surface area contributed by atoms with Gasteiger partial charge in [-0.1, -0.05) is 0 Å². The predicted octanol–water partition coefficient (Wildman–Crippen LogP) is 1.30. The van der Waals surface area contributed by atoms with Crippen molar-refractivity contribution in [2.45, 2.75) is 13.8 Å². The summed E-state index contributed by atoms with van der Waals surface area (Å²) in [6.45, 7) is 3.78. The zero-order valence-corrected chi connectivity index (χ0v) is 9.80. The van der Waals surface area contributed by atoms with Gasteiger partial charge in [0.05, 0.1) is 17.9 Å². The van der Waals surface area contributed by atoms with Gasteiger partial charge in [0.15, 0.2) is 11.5 Å². The molecule has 86 valence electrons. The zero-order chi connectivity index (χ0) is 12.0. The van der Waals surface area contributed by atoms with Crippen LogP contribution in [0.1, 0.15) is 11.5 Å². The lowest BCUT2D eigenvalue weighted by molar-refractivity contribution is 0.395. The molecule has 6 heteroatoms. The molecule has 0 aliphatic rings. The Kier molecular flexibility index (Phi) is 1.98. The second-order valence-electron chi connectivity index (χ2n) is 3.86. The van der Waals surface area contributed by atoms with Crippen LogP contribution in [-0.4, -0.2) is 31.9 Å². The van der Waals surface area contributed by atoms with E-state index in [1.54, 1.807) is 17.8 Å². The van der Waals surface area contributed by atoms with Crippen molar-refractivity contribution in [3.63, 3.8) is 0 Å². The second kappa shape index (κ2) is 3.38. The molecule has 0 spiro atoms. The molecule has 0 unspecified atom stereocenters. The van der Waals surface area contributed by atoms with Crippen LogP contribution in [0.4, 0.5) is 0 Å². The molecule has 0 saturated carbocycles. The minimum atomic E-state index is 0.556. The number of hydrogen-bond donors (Lipinski definition) is 0. The van der Waals surface area contributed by atoms with Gasteiger partial charge in [-0.2, -0.15) is 4.52 Å². The Balaban J connectivity index is 2.56. The standard InChI is InChI=1S/C11H11N5O/c1-6-4-8-9(5-12-6)10-14-13-7(2)16(10)15-11(8)17-3/h4-5H,1-3H3. The lowest BCUT2D eigenvalue weighted by Gasteiger charge is -2.06. The van der Waals surface area contributed by atoms with Gasteiger partial charge >= 0.3 is 0 Å². The molecule has 0 aliphatic heterocycles. The first-order valence-electron chi connectivity index (χ1n) is 5.23. The normalized spacial score (nSPS) is 11.2. The molecular weight excluding hydrogens is 218 g/mol. The van der Waals surface area contributed by atoms with Crippen LogP contribution in [0.15, 0.2) is 12.3 Å². The quantitative estimate of drug-likeness (QED) is 0.629. The minimum Gasteiger partial charge on any atom is -0.480 e. The van der Waals surface area contributed by atoms with Gasteiger partial charge in [0, 0.05) is 11.9 Å². The molecule has 6 nitrogen and oxygen atoms in total. The molecule has 0 bridgehead atoms. The van der Waals surface area contributed by atoms with Gasteiger partial charge in [-0.25, -0.2) is 0 Å². The van der Waals surface area contributed by atoms with E-state index < -0.39 is 0 Å². The first kappa shape index (κ1) is 9.95. The van der Waals surface area contributed by atoms with Crippen molar-refractivity contribution in [1.29, 1.82) is 0 Å². The van der Waals surface area contributed by atoms with E-state index in [0.717, 1.165) is 22.3 Å². The molecule has 0 aliphatic carbocycles. The molecule has 0 N–H and O–H groups in total. The SMILES string of the molecule is COc1nn2c(C)nnc2c2cnc(C)cc12. The number of fused-ring (bicyclic) bond motifs is 3. The summed E-state index contributed by atoms with van der Waals surface area (Å²) in [4.78, 5) is 4.28. The number of ether oxygens (including phenoxy) is 1. The third-order valence-electron chi connectivity index (χ3n) is 2.69. The Morgan fingerprint density at radius 1 is 1.18 bits per heavy atom. The Hall–Kier alpha value is -2.24. The molecule has 3 heterocycles. The average Bonchev–Trinajstić information content (AvgIpc) is 2.70. The van der Waals surface area contributed by atoms with E-state index in [2.05, 4.69) is 20.3 Å². The molecule has 0 amide bonds. The highest BCUT2D eigenvalue weighted by Crippen LogP contribution is 2.25. The molecule has 0 radical (unpaired) electrons. The lowest BCUT2D eigenvalue weighted by atomic mass is 10.2. The Bertz CT molecular complexity index is 719. The fourth-order valence-corrected chi connectivity index (χ4v) is 1.86. The van der Waals surface area contributed by atoms with Crippen molar-refractivity contribution in [2.75, 3.05) is 7.11 Å². The van der Waals surface area contributed by atoms with Gasteiger partial charge in [-0.05, 0) is 19.9 Å². The number of pyridine rings is 1. The van der Waals surface area contributed by atoms with E-state index in [1.807, 2.05) is 19.9 Å². The molecule has 3 aromatic rings. The van der Waals surface area contributed by atoms with Crippen molar-refractivity contribution in [3.8, 4) is 5.88 Å². The predicted molar refractivity (Wildman–Crippen MR) is 62.1 cm³/mol. The molecule has 0 aromatic carbocycles. The molecule has 0 fully saturated rings. The van der Waals surface area contributed by atoms with Gasteiger partial charge in [-0.15, -0.1) is 15.3 Å². The van der Waals surface area contributed by atoms with Gasteiger partial charge < -0.3 is 4.74 Å². The lowest BCUT2D eigenvalue weighted by Crippen LogP contribution is -2.00. The summed E-state index contributed by atoms with van der Waals surface area (Å²) in [6, 6.07) is 1.94. The Morgan fingerprint density at radius 2 is 2.00 bits per heavy atom. The van der Waals surface area contributed by atoms with Crippen molar-refractivity contribution in [1.82, 2.24) is 24.8 Å². The maximum Gasteiger partial charge on any atom is 0.239 e. The maximum absolute atomic E-state index is 5.30. The fraction of sp³-hybridized carbons (Fsp3) is 0.273. The van der Waals surface area contributed by atoms with E-state index in [1.165, 1.54) is 0 Å². The van der Waals surface area contributed by atoms with Gasteiger partial charge in [0.1, 0.15) is 0 Å². The summed E-state index contributed by atoms with van der Waals surface area (Å²) >= 11 is 0. The number of nitrogens with zero attached hydrogens (tertiary/aromatic N) is 5. The zero-order valence-electron chi connectivity index (χ0n) is 9.80. The highest BCUT2D eigenvalue weighted by Gasteiger charge is 2.12. The summed E-state index contributed by atoms with van der Waals surface area (Å²) in [5, 5.41) is 14.3.